The van der Waals surface area contributed by atoms with Crippen LogP contribution in [0.3, 0.4) is 0 Å². The third-order valence-corrected chi connectivity index (χ3v) is 18.3. The molecule has 1 unspecified atom stereocenters. The van der Waals surface area contributed by atoms with Gasteiger partial charge in [0, 0.05) is 17.6 Å². The quantitative estimate of drug-likeness (QED) is 0.0364. The highest BCUT2D eigenvalue weighted by Gasteiger charge is 2.54. The molecule has 5 atom stereocenters. The predicted octanol–water partition coefficient (Wildman–Crippen LogP) is 8.93. The Hall–Kier alpha value is -4.49. The van der Waals surface area contributed by atoms with Crippen LogP contribution in [-0.4, -0.2) is 90.6 Å². The SMILES string of the molecule is COc1ccc(C(OC[C@H]2O[C@@H](c3cnn4c(=O)[nH]ncc34)[C@H](OP(OCCC#N)N(C(C)C)C(C)C)[C@@H]2O[Si](C)(C)C(C)(C)C)(c2ccccc2)c2ccc(OC)cc2)cc1. The molecule has 0 radical (unpaired) electrons. The lowest BCUT2D eigenvalue weighted by atomic mass is 9.80. The van der Waals surface area contributed by atoms with Crippen LogP contribution in [-0.2, 0) is 28.5 Å². The Morgan fingerprint density at radius 2 is 1.47 bits per heavy atom. The van der Waals surface area contributed by atoms with E-state index in [0.29, 0.717) is 22.6 Å². The second-order valence-corrected chi connectivity index (χ2v) is 23.6. The highest BCUT2D eigenvalue weighted by atomic mass is 31.2. The number of nitrogens with zero attached hydrogens (tertiary/aromatic N) is 5. The van der Waals surface area contributed by atoms with Crippen LogP contribution in [0.25, 0.3) is 5.52 Å². The zero-order valence-electron chi connectivity index (χ0n) is 37.7. The fourth-order valence-electron chi connectivity index (χ4n) is 7.64. The molecule has 1 saturated heterocycles. The molecular weight excluding hydrogens is 824 g/mol. The Balaban J connectivity index is 1.55. The molecule has 5 aromatic rings. The standard InChI is InChI=1S/C46H61N6O8PSi/c1-31(2)52(32(3)4)61(57-27-15-26-47)59-43-41(38-28-49-51-39(38)29-48-50-44(51)53)58-40(42(43)60-62(10,11)45(5,6)7)30-56-46(33-16-13-12-14-17-33,34-18-22-36(54-8)23-19-34)35-20-24-37(55-9)25-21-35/h12-14,16-25,28-29,31-32,40-43H,15,27,30H2,1-11H3,(H,50,53)/t40-,41+,42-,43+,61?/m1/s1. The summed E-state index contributed by atoms with van der Waals surface area (Å²) in [5, 5.41) is 20.4. The third kappa shape index (κ3) is 9.83. The number of aromatic amines is 1. The molecule has 0 amide bonds. The fourth-order valence-corrected chi connectivity index (χ4v) is 10.7. The molecule has 0 aliphatic carbocycles. The van der Waals surface area contributed by atoms with E-state index in [9.17, 15) is 10.1 Å². The monoisotopic (exact) mass is 884 g/mol. The lowest BCUT2D eigenvalue weighted by molar-refractivity contribution is -0.0807. The molecule has 62 heavy (non-hydrogen) atoms. The number of benzene rings is 3. The van der Waals surface area contributed by atoms with E-state index in [4.69, 9.17) is 32.4 Å². The molecule has 6 rings (SSSR count). The summed E-state index contributed by atoms with van der Waals surface area (Å²) in [6.07, 6.45) is 0.377. The van der Waals surface area contributed by atoms with E-state index in [1.807, 2.05) is 66.7 Å². The van der Waals surface area contributed by atoms with Crippen molar-refractivity contribution in [2.45, 2.75) is 115 Å². The van der Waals surface area contributed by atoms with E-state index < -0.39 is 52.6 Å². The second kappa shape index (κ2) is 19.9. The second-order valence-electron chi connectivity index (χ2n) is 17.4. The summed E-state index contributed by atoms with van der Waals surface area (Å²) in [7, 11) is -1.08. The predicted molar refractivity (Wildman–Crippen MR) is 242 cm³/mol. The molecule has 332 valence electrons. The fraction of sp³-hybridized carbons (Fsp3) is 0.478. The van der Waals surface area contributed by atoms with Gasteiger partial charge >= 0.3 is 5.69 Å². The summed E-state index contributed by atoms with van der Waals surface area (Å²) < 4.78 is 50.7. The van der Waals surface area contributed by atoms with Crippen LogP contribution in [0, 0.1) is 11.3 Å². The molecule has 1 aliphatic heterocycles. The molecule has 1 N–H and O–H groups in total. The molecule has 1 fully saturated rings. The van der Waals surface area contributed by atoms with Crippen molar-refractivity contribution in [2.24, 2.45) is 0 Å². The molecule has 0 saturated carbocycles. The number of aromatic nitrogens is 4. The topological polar surface area (TPSA) is 155 Å². The van der Waals surface area contributed by atoms with Crippen molar-refractivity contribution < 1.29 is 32.4 Å². The third-order valence-electron chi connectivity index (χ3n) is 11.7. The molecule has 3 heterocycles. The summed E-state index contributed by atoms with van der Waals surface area (Å²) in [6.45, 7) is 19.6. The zero-order chi connectivity index (χ0) is 44.8. The van der Waals surface area contributed by atoms with E-state index in [-0.39, 0.29) is 36.8 Å². The van der Waals surface area contributed by atoms with Gasteiger partial charge in [-0.05, 0) is 86.8 Å². The van der Waals surface area contributed by atoms with Gasteiger partial charge in [-0.2, -0.15) is 20.0 Å². The number of H-pyrrole nitrogens is 1. The van der Waals surface area contributed by atoms with Crippen molar-refractivity contribution in [2.75, 3.05) is 27.4 Å². The molecule has 3 aromatic carbocycles. The lowest BCUT2D eigenvalue weighted by Gasteiger charge is -2.43. The number of ether oxygens (including phenoxy) is 4. The van der Waals surface area contributed by atoms with Crippen LogP contribution in [0.1, 0.15) is 83.2 Å². The highest BCUT2D eigenvalue weighted by molar-refractivity contribution is 7.44. The average molecular weight is 885 g/mol. The van der Waals surface area contributed by atoms with E-state index in [1.165, 1.54) is 4.52 Å². The summed E-state index contributed by atoms with van der Waals surface area (Å²) in [4.78, 5) is 13.0. The number of fused-ring (bicyclic) bond motifs is 1. The summed E-state index contributed by atoms with van der Waals surface area (Å²) in [6, 6.07) is 28.2. The number of nitriles is 1. The number of rotatable bonds is 19. The van der Waals surface area contributed by atoms with Crippen molar-refractivity contribution in [1.29, 1.82) is 5.26 Å². The van der Waals surface area contributed by atoms with Crippen LogP contribution in [0.2, 0.25) is 18.1 Å². The number of nitrogens with one attached hydrogen (secondary N) is 1. The molecule has 0 spiro atoms. The van der Waals surface area contributed by atoms with E-state index in [1.54, 1.807) is 26.6 Å². The first-order chi connectivity index (χ1) is 29.6. The van der Waals surface area contributed by atoms with Gasteiger partial charge < -0.3 is 32.4 Å². The van der Waals surface area contributed by atoms with Crippen LogP contribution >= 0.6 is 8.53 Å². The first-order valence-electron chi connectivity index (χ1n) is 21.0. The van der Waals surface area contributed by atoms with Gasteiger partial charge in [0.2, 0.25) is 0 Å². The summed E-state index contributed by atoms with van der Waals surface area (Å²) in [5.41, 5.74) is 2.06. The van der Waals surface area contributed by atoms with E-state index in [0.717, 1.165) is 16.7 Å². The van der Waals surface area contributed by atoms with Gasteiger partial charge in [0.1, 0.15) is 41.5 Å². The number of methoxy groups -OCH3 is 2. The first kappa shape index (κ1) is 47.0. The Morgan fingerprint density at radius 1 is 0.887 bits per heavy atom. The highest BCUT2D eigenvalue weighted by Crippen LogP contribution is 2.54. The minimum atomic E-state index is -2.59. The molecule has 1 aliphatic rings. The van der Waals surface area contributed by atoms with Crippen molar-refractivity contribution in [3.8, 4) is 17.6 Å². The Labute approximate surface area is 367 Å². The lowest BCUT2D eigenvalue weighted by Crippen LogP contribution is -2.51. The van der Waals surface area contributed by atoms with Gasteiger partial charge in [0.05, 0.1) is 57.8 Å². The smallest absolute Gasteiger partial charge is 0.363 e. The van der Waals surface area contributed by atoms with Crippen LogP contribution in [0.4, 0.5) is 0 Å². The van der Waals surface area contributed by atoms with Crippen LogP contribution < -0.4 is 15.2 Å². The average Bonchev–Trinajstić information content (AvgIpc) is 3.82. The van der Waals surface area contributed by atoms with Gasteiger partial charge in [-0.25, -0.2) is 14.6 Å². The van der Waals surface area contributed by atoms with Gasteiger partial charge in [-0.3, -0.25) is 0 Å². The van der Waals surface area contributed by atoms with Gasteiger partial charge in [-0.15, -0.1) is 0 Å². The summed E-state index contributed by atoms with van der Waals surface area (Å²) in [5.74, 6) is 1.42. The van der Waals surface area contributed by atoms with E-state index in [2.05, 4.69) is 99.7 Å². The maximum atomic E-state index is 13.0. The van der Waals surface area contributed by atoms with Gasteiger partial charge in [0.15, 0.2) is 8.32 Å². The molecule has 0 bridgehead atoms. The molecule has 16 heteroatoms. The zero-order valence-corrected chi connectivity index (χ0v) is 39.6. The molecule has 14 nitrogen and oxygen atoms in total. The maximum absolute atomic E-state index is 13.0. The van der Waals surface area contributed by atoms with Gasteiger partial charge in [0.25, 0.3) is 8.53 Å². The van der Waals surface area contributed by atoms with Crippen LogP contribution in [0.5, 0.6) is 11.5 Å². The number of hydrogen-bond donors (Lipinski definition) is 1. The first-order valence-corrected chi connectivity index (χ1v) is 25.1. The molecule has 2 aromatic heterocycles. The molecular formula is C46H61N6O8PSi. The maximum Gasteiger partial charge on any atom is 0.363 e. The van der Waals surface area contributed by atoms with Gasteiger partial charge in [-0.1, -0.05) is 75.4 Å². The van der Waals surface area contributed by atoms with Crippen molar-refractivity contribution >= 4 is 22.4 Å². The Morgan fingerprint density at radius 3 is 2.00 bits per heavy atom. The summed E-state index contributed by atoms with van der Waals surface area (Å²) >= 11 is 0. The number of hydrogen-bond acceptors (Lipinski definition) is 12. The van der Waals surface area contributed by atoms with Crippen molar-refractivity contribution in [3.05, 3.63) is 124 Å². The Kier molecular flexibility index (Phi) is 15.1. The van der Waals surface area contributed by atoms with Crippen molar-refractivity contribution in [3.63, 3.8) is 0 Å². The normalized spacial score (nSPS) is 19.0. The van der Waals surface area contributed by atoms with E-state index >= 15 is 0 Å². The van der Waals surface area contributed by atoms with Crippen LogP contribution in [0.15, 0.2) is 96.1 Å². The minimum absolute atomic E-state index is 0.0306. The van der Waals surface area contributed by atoms with Crippen molar-refractivity contribution in [1.82, 2.24) is 24.5 Å². The largest absolute Gasteiger partial charge is 0.497 e. The minimum Gasteiger partial charge on any atom is -0.497 e. The Bertz CT molecular complexity index is 2260.